The summed E-state index contributed by atoms with van der Waals surface area (Å²) in [5.74, 6) is -0.215. The fourth-order valence-corrected chi connectivity index (χ4v) is 2.42. The zero-order valence-electron chi connectivity index (χ0n) is 15.5. The predicted octanol–water partition coefficient (Wildman–Crippen LogP) is 3.38. The third-order valence-electron chi connectivity index (χ3n) is 3.91. The van der Waals surface area contributed by atoms with E-state index in [2.05, 4.69) is 10.5 Å². The molecule has 0 bridgehead atoms. The Hall–Kier alpha value is -4.13. The van der Waals surface area contributed by atoms with Crippen molar-refractivity contribution in [2.24, 2.45) is 5.10 Å². The van der Waals surface area contributed by atoms with Crippen molar-refractivity contribution >= 4 is 18.1 Å². The highest BCUT2D eigenvalue weighted by Crippen LogP contribution is 2.28. The molecular weight excluding hydrogens is 372 g/mol. The molecule has 0 saturated carbocycles. The van der Waals surface area contributed by atoms with Crippen molar-refractivity contribution in [3.63, 3.8) is 0 Å². The van der Waals surface area contributed by atoms with Gasteiger partial charge in [0.05, 0.1) is 18.9 Å². The molecule has 146 valence electrons. The van der Waals surface area contributed by atoms with Gasteiger partial charge in [-0.25, -0.2) is 10.2 Å². The highest BCUT2D eigenvalue weighted by atomic mass is 16.6. The molecule has 2 N–H and O–H groups in total. The Kier molecular flexibility index (Phi) is 6.22. The summed E-state index contributed by atoms with van der Waals surface area (Å²) in [5, 5.41) is 13.2. The predicted molar refractivity (Wildman–Crippen MR) is 108 cm³/mol. The Morgan fingerprint density at radius 2 is 1.66 bits per heavy atom. The van der Waals surface area contributed by atoms with Crippen molar-refractivity contribution in [1.82, 2.24) is 5.43 Å². The molecule has 3 aromatic carbocycles. The van der Waals surface area contributed by atoms with E-state index in [0.717, 1.165) is 0 Å². The summed E-state index contributed by atoms with van der Waals surface area (Å²) in [4.78, 5) is 24.2. The Morgan fingerprint density at radius 1 is 0.931 bits per heavy atom. The number of hydrogen-bond donors (Lipinski definition) is 2. The van der Waals surface area contributed by atoms with Crippen LogP contribution in [0.2, 0.25) is 0 Å². The first-order chi connectivity index (χ1) is 14.1. The van der Waals surface area contributed by atoms with Gasteiger partial charge in [-0.3, -0.25) is 4.79 Å². The number of ether oxygens (including phenoxy) is 2. The van der Waals surface area contributed by atoms with E-state index in [1.165, 1.54) is 37.6 Å². The number of methoxy groups -OCH3 is 1. The third kappa shape index (κ3) is 5.20. The molecule has 0 heterocycles. The maximum absolute atomic E-state index is 12.2. The van der Waals surface area contributed by atoms with E-state index < -0.39 is 11.9 Å². The van der Waals surface area contributed by atoms with Crippen LogP contribution in [0.3, 0.4) is 0 Å². The number of hydrazone groups is 1. The minimum atomic E-state index is -0.494. The summed E-state index contributed by atoms with van der Waals surface area (Å²) in [6, 6.07) is 19.3. The highest BCUT2D eigenvalue weighted by molar-refractivity contribution is 5.95. The maximum atomic E-state index is 12.2. The zero-order valence-corrected chi connectivity index (χ0v) is 15.5. The lowest BCUT2D eigenvalue weighted by Crippen LogP contribution is -2.17. The molecule has 0 aliphatic carbocycles. The number of aromatic hydroxyl groups is 1. The van der Waals surface area contributed by atoms with Crippen molar-refractivity contribution in [3.05, 3.63) is 89.5 Å². The number of phenols is 1. The number of nitrogens with zero attached hydrogens (tertiary/aromatic N) is 1. The summed E-state index contributed by atoms with van der Waals surface area (Å²) in [6.45, 7) is 0. The van der Waals surface area contributed by atoms with Crippen molar-refractivity contribution < 1.29 is 24.2 Å². The highest BCUT2D eigenvalue weighted by Gasteiger charge is 2.12. The average molecular weight is 390 g/mol. The van der Waals surface area contributed by atoms with E-state index in [1.807, 2.05) is 6.07 Å². The standard InChI is InChI=1S/C22H18N2O5/c1-28-20-13-15(14-23-24-21(26)16-8-10-18(25)11-9-16)7-12-19(20)29-22(27)17-5-3-2-4-6-17/h2-14,25H,1H3,(H,24,26). The summed E-state index contributed by atoms with van der Waals surface area (Å²) >= 11 is 0. The Bertz CT molecular complexity index is 1030. The molecule has 0 aliphatic rings. The number of rotatable bonds is 6. The van der Waals surface area contributed by atoms with Crippen molar-refractivity contribution in [2.45, 2.75) is 0 Å². The van der Waals surface area contributed by atoms with Crippen molar-refractivity contribution in [2.75, 3.05) is 7.11 Å². The van der Waals surface area contributed by atoms with E-state index in [0.29, 0.717) is 22.4 Å². The normalized spacial score (nSPS) is 10.5. The van der Waals surface area contributed by atoms with Crippen LogP contribution in [-0.2, 0) is 0 Å². The van der Waals surface area contributed by atoms with Gasteiger partial charge in [-0.2, -0.15) is 5.10 Å². The molecular formula is C22H18N2O5. The van der Waals surface area contributed by atoms with Crippen LogP contribution in [0.4, 0.5) is 0 Å². The largest absolute Gasteiger partial charge is 0.508 e. The molecule has 0 fully saturated rings. The maximum Gasteiger partial charge on any atom is 0.343 e. The van der Waals surface area contributed by atoms with Crippen LogP contribution in [0.25, 0.3) is 0 Å². The Labute approximate surface area is 167 Å². The molecule has 29 heavy (non-hydrogen) atoms. The number of nitrogens with one attached hydrogen (secondary N) is 1. The SMILES string of the molecule is COc1cc(C=NNC(=O)c2ccc(O)cc2)ccc1OC(=O)c1ccccc1. The third-order valence-corrected chi connectivity index (χ3v) is 3.91. The Balaban J connectivity index is 1.66. The molecule has 0 unspecified atom stereocenters. The van der Waals surface area contributed by atoms with Gasteiger partial charge in [0.1, 0.15) is 5.75 Å². The van der Waals surface area contributed by atoms with Gasteiger partial charge in [0.25, 0.3) is 5.91 Å². The van der Waals surface area contributed by atoms with Crippen LogP contribution in [0.1, 0.15) is 26.3 Å². The molecule has 7 nitrogen and oxygen atoms in total. The van der Waals surface area contributed by atoms with Gasteiger partial charge in [0, 0.05) is 5.56 Å². The van der Waals surface area contributed by atoms with Crippen LogP contribution in [0.5, 0.6) is 17.2 Å². The van der Waals surface area contributed by atoms with E-state index in [1.54, 1.807) is 42.5 Å². The van der Waals surface area contributed by atoms with Gasteiger partial charge < -0.3 is 14.6 Å². The topological polar surface area (TPSA) is 97.2 Å². The lowest BCUT2D eigenvalue weighted by Gasteiger charge is -2.10. The molecule has 0 aromatic heterocycles. The van der Waals surface area contributed by atoms with Crippen molar-refractivity contribution in [1.29, 1.82) is 0 Å². The molecule has 0 atom stereocenters. The number of esters is 1. The van der Waals surface area contributed by atoms with Crippen LogP contribution in [-0.4, -0.2) is 30.3 Å². The lowest BCUT2D eigenvalue weighted by atomic mass is 10.2. The number of phenolic OH excluding ortho intramolecular Hbond substituents is 1. The van der Waals surface area contributed by atoms with Crippen LogP contribution < -0.4 is 14.9 Å². The van der Waals surface area contributed by atoms with Gasteiger partial charge in [-0.05, 0) is 60.2 Å². The number of carbonyl (C=O) groups excluding carboxylic acids is 2. The molecule has 0 aliphatic heterocycles. The summed E-state index contributed by atoms with van der Waals surface area (Å²) in [7, 11) is 1.46. The molecule has 3 aromatic rings. The number of benzene rings is 3. The molecule has 0 spiro atoms. The first-order valence-corrected chi connectivity index (χ1v) is 8.64. The van der Waals surface area contributed by atoms with Crippen LogP contribution in [0.15, 0.2) is 77.9 Å². The van der Waals surface area contributed by atoms with Crippen LogP contribution >= 0.6 is 0 Å². The quantitative estimate of drug-likeness (QED) is 0.291. The molecule has 1 amide bonds. The van der Waals surface area contributed by atoms with E-state index in [-0.39, 0.29) is 11.5 Å². The second kappa shape index (κ2) is 9.18. The average Bonchev–Trinajstić information content (AvgIpc) is 2.75. The number of hydrogen-bond acceptors (Lipinski definition) is 6. The minimum Gasteiger partial charge on any atom is -0.508 e. The van der Waals surface area contributed by atoms with E-state index in [9.17, 15) is 14.7 Å². The second-order valence-electron chi connectivity index (χ2n) is 5.91. The second-order valence-corrected chi connectivity index (χ2v) is 5.91. The van der Waals surface area contributed by atoms with Gasteiger partial charge in [-0.15, -0.1) is 0 Å². The Morgan fingerprint density at radius 3 is 2.34 bits per heavy atom. The lowest BCUT2D eigenvalue weighted by molar-refractivity contribution is 0.0729. The summed E-state index contributed by atoms with van der Waals surface area (Å²) in [6.07, 6.45) is 1.43. The van der Waals surface area contributed by atoms with E-state index in [4.69, 9.17) is 9.47 Å². The van der Waals surface area contributed by atoms with Gasteiger partial charge in [0.2, 0.25) is 0 Å². The fraction of sp³-hybridized carbons (Fsp3) is 0.0455. The summed E-state index contributed by atoms with van der Waals surface area (Å²) < 4.78 is 10.7. The monoisotopic (exact) mass is 390 g/mol. The smallest absolute Gasteiger partial charge is 0.343 e. The van der Waals surface area contributed by atoms with Crippen molar-refractivity contribution in [3.8, 4) is 17.2 Å². The minimum absolute atomic E-state index is 0.0743. The van der Waals surface area contributed by atoms with E-state index >= 15 is 0 Å². The molecule has 3 rings (SSSR count). The summed E-state index contributed by atoms with van der Waals surface area (Å²) in [5.41, 5.74) is 3.82. The van der Waals surface area contributed by atoms with Gasteiger partial charge >= 0.3 is 5.97 Å². The first-order valence-electron chi connectivity index (χ1n) is 8.64. The molecule has 0 radical (unpaired) electrons. The fourth-order valence-electron chi connectivity index (χ4n) is 2.42. The van der Waals surface area contributed by atoms with Crippen LogP contribution in [0, 0.1) is 0 Å². The zero-order chi connectivity index (χ0) is 20.6. The number of carbonyl (C=O) groups is 2. The first kappa shape index (κ1) is 19.6. The van der Waals surface area contributed by atoms with Gasteiger partial charge in [-0.1, -0.05) is 18.2 Å². The number of amides is 1. The van der Waals surface area contributed by atoms with Gasteiger partial charge in [0.15, 0.2) is 11.5 Å². The molecule has 0 saturated heterocycles. The molecule has 7 heteroatoms.